The Kier molecular flexibility index (Phi) is 10.8. The van der Waals surface area contributed by atoms with Gasteiger partial charge in [0.05, 0.1) is 23.6 Å². The lowest BCUT2D eigenvalue weighted by Gasteiger charge is -2.51. The summed E-state index contributed by atoms with van der Waals surface area (Å²) in [5.74, 6) is -4.19. The maximum atomic E-state index is 15.2. The molecule has 50 heavy (non-hydrogen) atoms. The van der Waals surface area contributed by atoms with Gasteiger partial charge in [-0.3, -0.25) is 19.4 Å². The average Bonchev–Trinajstić information content (AvgIpc) is 3.54. The van der Waals surface area contributed by atoms with Crippen LogP contribution in [-0.4, -0.2) is 62.4 Å². The number of carbonyl (C=O) groups excluding carboxylic acids is 2. The first-order chi connectivity index (χ1) is 23.5. The Hall–Kier alpha value is -3.85. The first kappa shape index (κ1) is 37.4. The fourth-order valence-electron chi connectivity index (χ4n) is 6.92. The molecule has 1 aromatic carbocycles. The number of hydrogen-bond donors (Lipinski definition) is 1. The van der Waals surface area contributed by atoms with E-state index in [1.54, 1.807) is 25.1 Å². The van der Waals surface area contributed by atoms with Gasteiger partial charge in [-0.1, -0.05) is 37.9 Å². The molecule has 2 aromatic heterocycles. The molecule has 1 fully saturated rings. The van der Waals surface area contributed by atoms with Crippen LogP contribution in [-0.2, 0) is 28.4 Å². The number of carboxylic acid groups (broad SMARTS) is 1. The van der Waals surface area contributed by atoms with Crippen molar-refractivity contribution in [1.29, 1.82) is 0 Å². The van der Waals surface area contributed by atoms with Crippen LogP contribution in [0.4, 0.5) is 26.3 Å². The molecular formula is C34H34ClF6N3O5S. The lowest BCUT2D eigenvalue weighted by molar-refractivity contribution is -0.163. The van der Waals surface area contributed by atoms with Crippen molar-refractivity contribution in [3.05, 3.63) is 80.3 Å². The second-order valence-corrected chi connectivity index (χ2v) is 13.9. The summed E-state index contributed by atoms with van der Waals surface area (Å²) in [5, 5.41) is 11.3. The Balaban J connectivity index is 1.66. The van der Waals surface area contributed by atoms with Crippen molar-refractivity contribution in [2.45, 2.75) is 82.4 Å². The molecule has 5 rings (SSSR count). The molecule has 2 aliphatic heterocycles. The molecule has 2 amide bonds. The number of aromatic nitrogens is 1. The summed E-state index contributed by atoms with van der Waals surface area (Å²) in [5.41, 5.74) is -2.81. The smallest absolute Gasteiger partial charge is 0.425 e. The number of carbonyl (C=O) groups is 3. The zero-order valence-electron chi connectivity index (χ0n) is 27.0. The third kappa shape index (κ3) is 7.43. The Morgan fingerprint density at radius 2 is 1.84 bits per heavy atom. The second-order valence-electron chi connectivity index (χ2n) is 12.5. The maximum Gasteiger partial charge on any atom is 0.425 e. The molecule has 3 aromatic rings. The summed E-state index contributed by atoms with van der Waals surface area (Å²) < 4.78 is 89.6. The van der Waals surface area contributed by atoms with Crippen molar-refractivity contribution in [1.82, 2.24) is 14.8 Å². The number of benzene rings is 1. The number of pyridine rings is 1. The lowest BCUT2D eigenvalue weighted by Crippen LogP contribution is -2.68. The summed E-state index contributed by atoms with van der Waals surface area (Å²) in [4.78, 5) is 46.6. The fourth-order valence-corrected chi connectivity index (χ4v) is 7.78. The number of fused-ring (bicyclic) bond motifs is 1. The van der Waals surface area contributed by atoms with Crippen LogP contribution < -0.4 is 4.74 Å². The van der Waals surface area contributed by atoms with Gasteiger partial charge in [-0.25, -0.2) is 0 Å². The summed E-state index contributed by atoms with van der Waals surface area (Å²) >= 11 is 6.70. The molecule has 4 atom stereocenters. The highest BCUT2D eigenvalue weighted by molar-refractivity contribution is 7.10. The Bertz CT molecular complexity index is 1750. The largest absolute Gasteiger partial charge is 0.481 e. The van der Waals surface area contributed by atoms with Crippen LogP contribution in [0.5, 0.6) is 5.75 Å². The molecule has 8 nitrogen and oxygen atoms in total. The lowest BCUT2D eigenvalue weighted by atomic mass is 9.78. The summed E-state index contributed by atoms with van der Waals surface area (Å²) in [6, 6.07) is 5.51. The van der Waals surface area contributed by atoms with E-state index in [-0.39, 0.29) is 44.5 Å². The second kappa shape index (κ2) is 14.4. The molecule has 4 heterocycles. The van der Waals surface area contributed by atoms with E-state index in [2.05, 4.69) is 4.98 Å². The molecule has 1 saturated heterocycles. The van der Waals surface area contributed by atoms with Gasteiger partial charge in [-0.05, 0) is 61.1 Å². The van der Waals surface area contributed by atoms with Gasteiger partial charge in [-0.2, -0.15) is 26.3 Å². The van der Waals surface area contributed by atoms with E-state index in [9.17, 15) is 41.0 Å². The highest BCUT2D eigenvalue weighted by Crippen LogP contribution is 2.45. The fraction of sp³-hybridized carbons (Fsp3) is 0.471. The topological polar surface area (TPSA) is 100 Å². The van der Waals surface area contributed by atoms with E-state index in [1.165, 1.54) is 11.8 Å². The zero-order valence-corrected chi connectivity index (χ0v) is 28.6. The van der Waals surface area contributed by atoms with Crippen molar-refractivity contribution in [2.24, 2.45) is 5.92 Å². The number of thiophene rings is 1. The molecule has 0 spiro atoms. The molecule has 1 N–H and O–H groups in total. The van der Waals surface area contributed by atoms with Crippen LogP contribution >= 0.6 is 22.9 Å². The first-order valence-electron chi connectivity index (χ1n) is 16.0. The summed E-state index contributed by atoms with van der Waals surface area (Å²) in [7, 11) is 0. The average molecular weight is 746 g/mol. The first-order valence-corrected chi connectivity index (χ1v) is 17.2. The van der Waals surface area contributed by atoms with Gasteiger partial charge in [0, 0.05) is 42.2 Å². The molecule has 0 radical (unpaired) electrons. The monoisotopic (exact) mass is 745 g/mol. The third-order valence-corrected chi connectivity index (χ3v) is 10.4. The van der Waals surface area contributed by atoms with Crippen molar-refractivity contribution < 1.29 is 50.6 Å². The van der Waals surface area contributed by atoms with Crippen LogP contribution in [0.1, 0.15) is 84.0 Å². The van der Waals surface area contributed by atoms with E-state index in [0.717, 1.165) is 40.2 Å². The highest BCUT2D eigenvalue weighted by Gasteiger charge is 2.57. The quantitative estimate of drug-likeness (QED) is 0.221. The van der Waals surface area contributed by atoms with Crippen LogP contribution in [0.3, 0.4) is 0 Å². The van der Waals surface area contributed by atoms with Gasteiger partial charge < -0.3 is 19.6 Å². The molecular weight excluding hydrogens is 712 g/mol. The summed E-state index contributed by atoms with van der Waals surface area (Å²) in [6.45, 7) is 3.20. The standard InChI is InChI=1S/C34H34ClF6N3O5S/c1-3-6-26-32(49-22-17-27(50-18-22)34(39,40)41,11-5-13-44(26)29(45)28-24(33(36,37)38)7-4-12-42-28)31(48)43-14-10-20-8-9-21(35)16-23(20)25(43)15-19(2)30(46)47/h4,7-9,12,16-19,25-26H,3,5-6,10-11,13-15H2,1-2H3,(H,46,47)/t19?,25-,26+,32-/m0/s1. The molecule has 1 unspecified atom stereocenters. The molecule has 2 aliphatic rings. The normalized spacial score (nSPS) is 21.8. The number of rotatable bonds is 9. The van der Waals surface area contributed by atoms with Gasteiger partial charge >= 0.3 is 18.3 Å². The van der Waals surface area contributed by atoms with Gasteiger partial charge in [0.25, 0.3) is 11.8 Å². The third-order valence-electron chi connectivity index (χ3n) is 9.24. The van der Waals surface area contributed by atoms with E-state index in [1.807, 2.05) is 0 Å². The predicted octanol–water partition coefficient (Wildman–Crippen LogP) is 8.29. The van der Waals surface area contributed by atoms with Gasteiger partial charge in [0.1, 0.15) is 16.3 Å². The number of likely N-dealkylation sites (tertiary alicyclic amines) is 1. The van der Waals surface area contributed by atoms with Crippen LogP contribution in [0.25, 0.3) is 0 Å². The molecule has 16 heteroatoms. The van der Waals surface area contributed by atoms with Gasteiger partial charge in [-0.15, -0.1) is 11.3 Å². The molecule has 0 saturated carbocycles. The molecule has 0 bridgehead atoms. The minimum atomic E-state index is -4.93. The van der Waals surface area contributed by atoms with Crippen molar-refractivity contribution in [3.8, 4) is 5.75 Å². The maximum absolute atomic E-state index is 15.2. The van der Waals surface area contributed by atoms with Gasteiger partial charge in [0.2, 0.25) is 5.60 Å². The Morgan fingerprint density at radius 1 is 1.10 bits per heavy atom. The number of ether oxygens (including phenoxy) is 1. The van der Waals surface area contributed by atoms with Crippen molar-refractivity contribution in [3.63, 3.8) is 0 Å². The number of aliphatic carboxylic acids is 1. The number of halogens is 7. The SMILES string of the molecule is CCC[C@H]1N(C(=O)c2ncccc2C(F)(F)F)CCC[C@@]1(Oc1csc(C(F)(F)F)c1)C(=O)N1CCc2ccc(Cl)cc2[C@@H]1CC(C)C(=O)O. The minimum absolute atomic E-state index is 0.0361. The summed E-state index contributed by atoms with van der Waals surface area (Å²) in [6.07, 6.45) is -8.02. The molecule has 270 valence electrons. The highest BCUT2D eigenvalue weighted by atomic mass is 35.5. The van der Waals surface area contributed by atoms with Gasteiger partial charge in [0.15, 0.2) is 0 Å². The zero-order chi connectivity index (χ0) is 36.6. The number of alkyl halides is 6. The number of hydrogen-bond acceptors (Lipinski definition) is 6. The number of piperidine rings is 1. The Labute approximate surface area is 293 Å². The molecule has 0 aliphatic carbocycles. The Morgan fingerprint density at radius 3 is 2.48 bits per heavy atom. The number of carboxylic acids is 1. The van der Waals surface area contributed by atoms with E-state index in [4.69, 9.17) is 16.3 Å². The van der Waals surface area contributed by atoms with Crippen LogP contribution in [0, 0.1) is 5.92 Å². The number of amides is 2. The van der Waals surface area contributed by atoms with E-state index >= 15 is 4.79 Å². The van der Waals surface area contributed by atoms with Crippen molar-refractivity contribution >= 4 is 40.7 Å². The van der Waals surface area contributed by atoms with E-state index in [0.29, 0.717) is 34.8 Å². The van der Waals surface area contributed by atoms with Crippen LogP contribution in [0.2, 0.25) is 5.02 Å². The predicted molar refractivity (Wildman–Crippen MR) is 172 cm³/mol. The number of nitrogens with zero attached hydrogens (tertiary/aromatic N) is 3. The van der Waals surface area contributed by atoms with Crippen molar-refractivity contribution in [2.75, 3.05) is 13.1 Å². The van der Waals surface area contributed by atoms with E-state index < -0.39 is 69.9 Å². The minimum Gasteiger partial charge on any atom is -0.481 e. The van der Waals surface area contributed by atoms with Crippen LogP contribution in [0.15, 0.2) is 48.0 Å².